The molecular weight excluding hydrogens is 388 g/mol. The molecule has 2 aromatic carbocycles. The fourth-order valence-corrected chi connectivity index (χ4v) is 3.72. The van der Waals surface area contributed by atoms with Crippen LogP contribution in [0.25, 0.3) is 0 Å². The molecule has 3 amide bonds. The molecule has 2 aliphatic rings. The SMILES string of the molecule is COc1cc(N=Nc2cccc3c2CN(C2CCC(=O)NC2=O)C3=O)cc(C)c1O. The molecule has 9 nitrogen and oxygen atoms in total. The summed E-state index contributed by atoms with van der Waals surface area (Å²) in [4.78, 5) is 37.9. The lowest BCUT2D eigenvalue weighted by Crippen LogP contribution is -2.52. The molecular formula is C21H20N4O5. The van der Waals surface area contributed by atoms with Crippen molar-refractivity contribution < 1.29 is 24.2 Å². The van der Waals surface area contributed by atoms with Crippen molar-refractivity contribution in [3.05, 3.63) is 47.0 Å². The Kier molecular flexibility index (Phi) is 4.94. The topological polar surface area (TPSA) is 121 Å². The van der Waals surface area contributed by atoms with Crippen molar-refractivity contribution in [3.8, 4) is 11.5 Å². The molecule has 2 aliphatic heterocycles. The summed E-state index contributed by atoms with van der Waals surface area (Å²) < 4.78 is 5.14. The van der Waals surface area contributed by atoms with Crippen molar-refractivity contribution in [2.75, 3.05) is 7.11 Å². The Hall–Kier alpha value is -3.75. The predicted octanol–water partition coefficient (Wildman–Crippen LogP) is 2.89. The van der Waals surface area contributed by atoms with Crippen LogP contribution >= 0.6 is 0 Å². The van der Waals surface area contributed by atoms with Crippen LogP contribution < -0.4 is 10.1 Å². The number of rotatable bonds is 4. The van der Waals surface area contributed by atoms with Gasteiger partial charge in [-0.1, -0.05) is 6.07 Å². The van der Waals surface area contributed by atoms with Crippen LogP contribution in [0.5, 0.6) is 11.5 Å². The summed E-state index contributed by atoms with van der Waals surface area (Å²) in [6, 6.07) is 7.70. The third kappa shape index (κ3) is 3.38. The first kappa shape index (κ1) is 19.6. The number of carbonyl (C=O) groups excluding carboxylic acids is 3. The highest BCUT2D eigenvalue weighted by atomic mass is 16.5. The summed E-state index contributed by atoms with van der Waals surface area (Å²) in [5.74, 6) is -0.709. The Morgan fingerprint density at radius 2 is 2.00 bits per heavy atom. The molecule has 154 valence electrons. The minimum atomic E-state index is -0.684. The van der Waals surface area contributed by atoms with Gasteiger partial charge in [0, 0.05) is 30.2 Å². The molecule has 30 heavy (non-hydrogen) atoms. The van der Waals surface area contributed by atoms with E-state index < -0.39 is 11.9 Å². The molecule has 0 spiro atoms. The van der Waals surface area contributed by atoms with E-state index in [2.05, 4.69) is 15.5 Å². The van der Waals surface area contributed by atoms with Gasteiger partial charge in [-0.05, 0) is 37.1 Å². The number of hydrogen-bond acceptors (Lipinski definition) is 7. The number of fused-ring (bicyclic) bond motifs is 1. The van der Waals surface area contributed by atoms with E-state index in [1.807, 2.05) is 0 Å². The average molecular weight is 408 g/mol. The third-order valence-electron chi connectivity index (χ3n) is 5.30. The summed E-state index contributed by atoms with van der Waals surface area (Å²) in [5, 5.41) is 20.8. The smallest absolute Gasteiger partial charge is 0.255 e. The van der Waals surface area contributed by atoms with Gasteiger partial charge in [-0.3, -0.25) is 19.7 Å². The first-order valence-electron chi connectivity index (χ1n) is 9.45. The van der Waals surface area contributed by atoms with Crippen LogP contribution in [0.3, 0.4) is 0 Å². The Labute approximate surface area is 172 Å². The number of aromatic hydroxyl groups is 1. The van der Waals surface area contributed by atoms with Crippen molar-refractivity contribution in [2.24, 2.45) is 10.2 Å². The largest absolute Gasteiger partial charge is 0.504 e. The predicted molar refractivity (Wildman–Crippen MR) is 106 cm³/mol. The van der Waals surface area contributed by atoms with E-state index in [1.165, 1.54) is 12.0 Å². The van der Waals surface area contributed by atoms with Gasteiger partial charge in [0.05, 0.1) is 18.5 Å². The number of nitrogens with zero attached hydrogens (tertiary/aromatic N) is 3. The second-order valence-corrected chi connectivity index (χ2v) is 7.22. The maximum Gasteiger partial charge on any atom is 0.255 e. The molecule has 1 saturated heterocycles. The highest BCUT2D eigenvalue weighted by Crippen LogP contribution is 2.37. The van der Waals surface area contributed by atoms with E-state index in [-0.39, 0.29) is 30.5 Å². The van der Waals surface area contributed by atoms with E-state index in [0.717, 1.165) is 0 Å². The highest BCUT2D eigenvalue weighted by molar-refractivity contribution is 6.06. The number of nitrogens with one attached hydrogen (secondary N) is 1. The normalized spacial score (nSPS) is 18.7. The Morgan fingerprint density at radius 3 is 2.73 bits per heavy atom. The van der Waals surface area contributed by atoms with Gasteiger partial charge in [-0.25, -0.2) is 0 Å². The summed E-state index contributed by atoms with van der Waals surface area (Å²) in [6.07, 6.45) is 0.499. The number of carbonyl (C=O) groups is 3. The summed E-state index contributed by atoms with van der Waals surface area (Å²) in [6.45, 7) is 1.95. The Balaban J connectivity index is 1.62. The first-order chi connectivity index (χ1) is 14.4. The Morgan fingerprint density at radius 1 is 1.20 bits per heavy atom. The number of hydrogen-bond donors (Lipinski definition) is 2. The first-order valence-corrected chi connectivity index (χ1v) is 9.45. The number of phenolic OH excluding ortho intramolecular Hbond substituents is 1. The molecule has 2 heterocycles. The number of aryl methyl sites for hydroxylation is 1. The number of ether oxygens (including phenoxy) is 1. The second kappa shape index (κ2) is 7.58. The lowest BCUT2D eigenvalue weighted by atomic mass is 10.0. The molecule has 0 saturated carbocycles. The minimum Gasteiger partial charge on any atom is -0.504 e. The third-order valence-corrected chi connectivity index (χ3v) is 5.30. The van der Waals surface area contributed by atoms with Gasteiger partial charge in [0.25, 0.3) is 5.91 Å². The second-order valence-electron chi connectivity index (χ2n) is 7.22. The highest BCUT2D eigenvalue weighted by Gasteiger charge is 2.39. The van der Waals surface area contributed by atoms with Crippen molar-refractivity contribution in [3.63, 3.8) is 0 Å². The zero-order valence-electron chi connectivity index (χ0n) is 16.5. The molecule has 1 unspecified atom stereocenters. The van der Waals surface area contributed by atoms with E-state index >= 15 is 0 Å². The van der Waals surface area contributed by atoms with Gasteiger partial charge in [0.1, 0.15) is 6.04 Å². The van der Waals surface area contributed by atoms with Crippen molar-refractivity contribution in [2.45, 2.75) is 32.4 Å². The molecule has 0 radical (unpaired) electrons. The van der Waals surface area contributed by atoms with Gasteiger partial charge in [0.2, 0.25) is 11.8 Å². The van der Waals surface area contributed by atoms with Gasteiger partial charge in [0.15, 0.2) is 11.5 Å². The molecule has 2 N–H and O–H groups in total. The number of methoxy groups -OCH3 is 1. The van der Waals surface area contributed by atoms with Crippen molar-refractivity contribution in [1.82, 2.24) is 10.2 Å². The van der Waals surface area contributed by atoms with Gasteiger partial charge in [-0.15, -0.1) is 0 Å². The zero-order chi connectivity index (χ0) is 21.4. The molecule has 4 rings (SSSR count). The molecule has 1 atom stereocenters. The van der Waals surface area contributed by atoms with Gasteiger partial charge >= 0.3 is 0 Å². The summed E-state index contributed by atoms with van der Waals surface area (Å²) in [5.41, 5.74) is 2.75. The quantitative estimate of drug-likeness (QED) is 0.595. The average Bonchev–Trinajstić information content (AvgIpc) is 3.06. The number of piperidine rings is 1. The van der Waals surface area contributed by atoms with Crippen LogP contribution in [0.15, 0.2) is 40.6 Å². The Bertz CT molecular complexity index is 1100. The minimum absolute atomic E-state index is 0.0440. The monoisotopic (exact) mass is 408 g/mol. The number of imide groups is 1. The molecule has 2 aromatic rings. The van der Waals surface area contributed by atoms with Crippen molar-refractivity contribution >= 4 is 29.1 Å². The lowest BCUT2D eigenvalue weighted by Gasteiger charge is -2.29. The fraction of sp³-hybridized carbons (Fsp3) is 0.286. The number of azo groups is 1. The van der Waals surface area contributed by atoms with E-state index in [0.29, 0.717) is 40.2 Å². The number of benzene rings is 2. The molecule has 0 bridgehead atoms. The number of amides is 3. The summed E-state index contributed by atoms with van der Waals surface area (Å²) in [7, 11) is 1.45. The lowest BCUT2D eigenvalue weighted by molar-refractivity contribution is -0.136. The van der Waals surface area contributed by atoms with E-state index in [9.17, 15) is 19.5 Å². The standard InChI is InChI=1S/C21H20N4O5/c1-11-8-12(9-17(30-2)19(11)27)23-24-15-5-3-4-13-14(15)10-25(21(13)29)16-6-7-18(26)22-20(16)28/h3-5,8-9,16,27H,6-7,10H2,1-2H3,(H,22,26,28). The molecule has 0 aliphatic carbocycles. The number of phenols is 1. The maximum atomic E-state index is 12.9. The van der Waals surface area contributed by atoms with Crippen molar-refractivity contribution in [1.29, 1.82) is 0 Å². The summed E-state index contributed by atoms with van der Waals surface area (Å²) >= 11 is 0. The van der Waals surface area contributed by atoms with Crippen LogP contribution in [0, 0.1) is 6.92 Å². The molecule has 1 fully saturated rings. The van der Waals surface area contributed by atoms with Crippen LogP contribution in [0.4, 0.5) is 11.4 Å². The zero-order valence-corrected chi connectivity index (χ0v) is 16.5. The van der Waals surface area contributed by atoms with Gasteiger partial charge < -0.3 is 14.7 Å². The maximum absolute atomic E-state index is 12.9. The molecule has 9 heteroatoms. The van der Waals surface area contributed by atoms with Gasteiger partial charge in [-0.2, -0.15) is 10.2 Å². The van der Waals surface area contributed by atoms with Crippen LogP contribution in [0.2, 0.25) is 0 Å². The van der Waals surface area contributed by atoms with E-state index in [4.69, 9.17) is 4.74 Å². The molecule has 0 aromatic heterocycles. The van der Waals surface area contributed by atoms with Crippen LogP contribution in [-0.2, 0) is 16.1 Å². The fourth-order valence-electron chi connectivity index (χ4n) is 3.72. The van der Waals surface area contributed by atoms with Crippen LogP contribution in [-0.4, -0.2) is 40.9 Å². The van der Waals surface area contributed by atoms with E-state index in [1.54, 1.807) is 37.3 Å². The van der Waals surface area contributed by atoms with Crippen LogP contribution in [0.1, 0.15) is 34.3 Å².